The van der Waals surface area contributed by atoms with Crippen LogP contribution in [-0.4, -0.2) is 25.4 Å². The van der Waals surface area contributed by atoms with Crippen LogP contribution in [0.4, 0.5) is 0 Å². The van der Waals surface area contributed by atoms with E-state index in [2.05, 4.69) is 25.4 Å². The lowest BCUT2D eigenvalue weighted by atomic mass is 10.1. The molecule has 0 bridgehead atoms. The molecule has 0 saturated heterocycles. The van der Waals surface area contributed by atoms with Gasteiger partial charge in [0, 0.05) is 0 Å². The first-order chi connectivity index (χ1) is 15.8. The maximum absolute atomic E-state index is 12.4. The zero-order chi connectivity index (χ0) is 21.8. The molecule has 2 heterocycles. The van der Waals surface area contributed by atoms with Gasteiger partial charge in [0.1, 0.15) is 30.5 Å². The van der Waals surface area contributed by atoms with Gasteiger partial charge < -0.3 is 14.5 Å². The predicted molar refractivity (Wildman–Crippen MR) is 119 cm³/mol. The van der Waals surface area contributed by atoms with Crippen LogP contribution < -0.4 is 15.0 Å². The highest BCUT2D eigenvalue weighted by molar-refractivity contribution is 5.73. The van der Waals surface area contributed by atoms with Crippen LogP contribution in [0.5, 0.6) is 11.5 Å². The summed E-state index contributed by atoms with van der Waals surface area (Å²) in [5.41, 5.74) is 2.66. The largest absolute Gasteiger partial charge is 0.489 e. The minimum Gasteiger partial charge on any atom is -0.489 e. The van der Waals surface area contributed by atoms with Gasteiger partial charge in [-0.1, -0.05) is 60.7 Å². The van der Waals surface area contributed by atoms with Crippen molar-refractivity contribution in [3.63, 3.8) is 0 Å². The lowest BCUT2D eigenvalue weighted by Gasteiger charge is -2.14. The average Bonchev–Trinajstić information content (AvgIpc) is 3.32. The van der Waals surface area contributed by atoms with Crippen molar-refractivity contribution in [2.24, 2.45) is 0 Å². The van der Waals surface area contributed by atoms with Gasteiger partial charge in [0.2, 0.25) is 5.65 Å². The van der Waals surface area contributed by atoms with Crippen molar-refractivity contribution in [2.75, 3.05) is 0 Å². The summed E-state index contributed by atoms with van der Waals surface area (Å²) in [6, 6.07) is 25.2. The smallest absolute Gasteiger partial charge is 0.281 e. The second-order valence-corrected chi connectivity index (χ2v) is 7.12. The van der Waals surface area contributed by atoms with Crippen molar-refractivity contribution >= 4 is 11.2 Å². The van der Waals surface area contributed by atoms with E-state index in [9.17, 15) is 4.79 Å². The van der Waals surface area contributed by atoms with Gasteiger partial charge in [0.25, 0.3) is 5.56 Å². The fraction of sp³-hybridized carbons (Fsp3) is 0.0833. The van der Waals surface area contributed by atoms with Gasteiger partial charge in [-0.25, -0.2) is 4.98 Å². The van der Waals surface area contributed by atoms with Crippen molar-refractivity contribution in [1.82, 2.24) is 25.4 Å². The van der Waals surface area contributed by atoms with Crippen LogP contribution in [-0.2, 0) is 13.2 Å². The second-order valence-electron chi connectivity index (χ2n) is 7.12. The summed E-state index contributed by atoms with van der Waals surface area (Å²) < 4.78 is 12.0. The van der Waals surface area contributed by atoms with E-state index in [0.717, 1.165) is 11.1 Å². The fourth-order valence-corrected chi connectivity index (χ4v) is 3.27. The molecule has 0 radical (unpaired) electrons. The predicted octanol–water partition coefficient (Wildman–Crippen LogP) is 3.87. The van der Waals surface area contributed by atoms with Gasteiger partial charge in [-0.15, -0.1) is 10.2 Å². The third kappa shape index (κ3) is 4.20. The Morgan fingerprint density at radius 2 is 1.47 bits per heavy atom. The Morgan fingerprint density at radius 3 is 2.19 bits per heavy atom. The highest BCUT2D eigenvalue weighted by atomic mass is 16.5. The van der Waals surface area contributed by atoms with E-state index in [1.54, 1.807) is 6.07 Å². The normalized spacial score (nSPS) is 10.9. The van der Waals surface area contributed by atoms with Crippen molar-refractivity contribution < 1.29 is 9.47 Å². The zero-order valence-corrected chi connectivity index (χ0v) is 17.0. The quantitative estimate of drug-likeness (QED) is 0.410. The third-order valence-corrected chi connectivity index (χ3v) is 4.89. The van der Waals surface area contributed by atoms with Gasteiger partial charge >= 0.3 is 0 Å². The molecule has 5 aromatic rings. The molecule has 2 aromatic heterocycles. The summed E-state index contributed by atoms with van der Waals surface area (Å²) >= 11 is 0. The van der Waals surface area contributed by atoms with Crippen molar-refractivity contribution in [2.45, 2.75) is 13.2 Å². The Kier molecular flexibility index (Phi) is 5.32. The first-order valence-electron chi connectivity index (χ1n) is 10.0. The number of aromatic nitrogens is 5. The molecule has 0 fully saturated rings. The molecule has 0 aliphatic heterocycles. The summed E-state index contributed by atoms with van der Waals surface area (Å²) in [5.74, 6) is 1.51. The number of aromatic amines is 2. The van der Waals surface area contributed by atoms with Gasteiger partial charge in [-0.2, -0.15) is 5.21 Å². The molecule has 0 aliphatic rings. The van der Waals surface area contributed by atoms with Crippen LogP contribution in [0.3, 0.4) is 0 Å². The average molecular weight is 425 g/mol. The number of ether oxygens (including phenoxy) is 2. The molecular weight excluding hydrogens is 406 g/mol. The van der Waals surface area contributed by atoms with Gasteiger partial charge in [-0.05, 0) is 29.3 Å². The van der Waals surface area contributed by atoms with Crippen LogP contribution in [0.25, 0.3) is 22.6 Å². The molecule has 0 atom stereocenters. The number of fused-ring (bicyclic) bond motifs is 1. The van der Waals surface area contributed by atoms with Gasteiger partial charge in [0.15, 0.2) is 5.52 Å². The van der Waals surface area contributed by atoms with E-state index in [0.29, 0.717) is 36.1 Å². The van der Waals surface area contributed by atoms with E-state index in [4.69, 9.17) is 9.47 Å². The van der Waals surface area contributed by atoms with E-state index < -0.39 is 0 Å². The fourth-order valence-electron chi connectivity index (χ4n) is 3.27. The Labute approximate surface area is 182 Å². The lowest BCUT2D eigenvalue weighted by Crippen LogP contribution is -2.10. The Balaban J connectivity index is 1.49. The molecule has 0 aliphatic carbocycles. The molecule has 2 N–H and O–H groups in total. The number of nitrogens with one attached hydrogen (secondary N) is 2. The molecule has 5 rings (SSSR count). The van der Waals surface area contributed by atoms with E-state index in [1.165, 1.54) is 0 Å². The number of benzene rings is 3. The Bertz CT molecular complexity index is 1400. The number of hydrogen-bond donors (Lipinski definition) is 2. The van der Waals surface area contributed by atoms with E-state index >= 15 is 0 Å². The Morgan fingerprint density at radius 1 is 0.781 bits per heavy atom. The molecule has 32 heavy (non-hydrogen) atoms. The van der Waals surface area contributed by atoms with Crippen LogP contribution >= 0.6 is 0 Å². The molecule has 158 valence electrons. The third-order valence-electron chi connectivity index (χ3n) is 4.89. The minimum atomic E-state index is -0.386. The standard InChI is InChI=1S/C24H19N5O3/c30-24-21-23(28-29-27-21)25-22(26-24)19-13-18(31-14-16-7-3-1-4-8-16)11-12-20(19)32-15-17-9-5-2-6-10-17/h1-13H,14-15H2,(H2,25,26,27,28,29,30). The summed E-state index contributed by atoms with van der Waals surface area (Å²) in [4.78, 5) is 19.6. The van der Waals surface area contributed by atoms with E-state index in [-0.39, 0.29) is 16.7 Å². The summed E-state index contributed by atoms with van der Waals surface area (Å²) in [7, 11) is 0. The zero-order valence-electron chi connectivity index (χ0n) is 17.0. The SMILES string of the molecule is O=c1[nH]c(-c2cc(OCc3ccccc3)ccc2OCc2ccccc2)nc2n[nH]nc12. The highest BCUT2D eigenvalue weighted by Gasteiger charge is 2.15. The number of H-pyrrole nitrogens is 2. The second kappa shape index (κ2) is 8.73. The van der Waals surface area contributed by atoms with E-state index in [1.807, 2.05) is 72.8 Å². The topological polar surface area (TPSA) is 106 Å². The molecule has 3 aromatic carbocycles. The maximum Gasteiger partial charge on any atom is 0.281 e. The first-order valence-corrected chi connectivity index (χ1v) is 10.0. The lowest BCUT2D eigenvalue weighted by molar-refractivity contribution is 0.298. The minimum absolute atomic E-state index is 0.150. The number of hydrogen-bond acceptors (Lipinski definition) is 6. The molecule has 0 unspecified atom stereocenters. The molecule has 0 amide bonds. The van der Waals surface area contributed by atoms with Crippen LogP contribution in [0.2, 0.25) is 0 Å². The summed E-state index contributed by atoms with van der Waals surface area (Å²) in [5, 5.41) is 10.2. The van der Waals surface area contributed by atoms with Gasteiger partial charge in [-0.3, -0.25) is 4.79 Å². The van der Waals surface area contributed by atoms with Crippen molar-refractivity contribution in [3.8, 4) is 22.9 Å². The van der Waals surface area contributed by atoms with Gasteiger partial charge in [0.05, 0.1) is 5.56 Å². The monoisotopic (exact) mass is 425 g/mol. The number of rotatable bonds is 7. The maximum atomic E-state index is 12.4. The molecule has 0 saturated carbocycles. The first kappa shape index (κ1) is 19.5. The van der Waals surface area contributed by atoms with Crippen LogP contribution in [0, 0.1) is 0 Å². The van der Waals surface area contributed by atoms with Crippen molar-refractivity contribution in [3.05, 3.63) is 100 Å². The number of nitrogens with zero attached hydrogens (tertiary/aromatic N) is 3. The molecular formula is C24H19N5O3. The van der Waals surface area contributed by atoms with Crippen LogP contribution in [0.1, 0.15) is 11.1 Å². The summed E-state index contributed by atoms with van der Waals surface area (Å²) in [6.07, 6.45) is 0. The summed E-state index contributed by atoms with van der Waals surface area (Å²) in [6.45, 7) is 0.783. The highest BCUT2D eigenvalue weighted by Crippen LogP contribution is 2.32. The van der Waals surface area contributed by atoms with Crippen molar-refractivity contribution in [1.29, 1.82) is 0 Å². The molecule has 8 nitrogen and oxygen atoms in total. The Hall–Kier alpha value is -4.46. The molecule has 0 spiro atoms. The van der Waals surface area contributed by atoms with Crippen LogP contribution in [0.15, 0.2) is 83.7 Å². The molecule has 8 heteroatoms.